The van der Waals surface area contributed by atoms with Crippen LogP contribution in [0.4, 0.5) is 0 Å². The van der Waals surface area contributed by atoms with Crippen molar-refractivity contribution in [2.45, 2.75) is 25.8 Å². The Hall–Kier alpha value is -4.23. The molecule has 7 nitrogen and oxygen atoms in total. The van der Waals surface area contributed by atoms with E-state index in [1.165, 1.54) is 0 Å². The smallest absolute Gasteiger partial charge is 0.326 e. The van der Waals surface area contributed by atoms with Gasteiger partial charge in [-0.2, -0.15) is 0 Å². The predicted molar refractivity (Wildman–Crippen MR) is 154 cm³/mol. The molecule has 6 rings (SSSR count). The summed E-state index contributed by atoms with van der Waals surface area (Å²) in [5, 5.41) is 0.659. The van der Waals surface area contributed by atoms with Crippen molar-refractivity contribution in [2.24, 2.45) is 0 Å². The summed E-state index contributed by atoms with van der Waals surface area (Å²) in [6.07, 6.45) is 1.44. The van der Waals surface area contributed by atoms with E-state index in [0.29, 0.717) is 23.7 Å². The van der Waals surface area contributed by atoms with E-state index in [-0.39, 0.29) is 17.6 Å². The fraction of sp³-hybridized carbons (Fsp3) is 0.226. The topological polar surface area (TPSA) is 72.3 Å². The lowest BCUT2D eigenvalue weighted by molar-refractivity contribution is 0.0694. The van der Waals surface area contributed by atoms with Crippen LogP contribution in [0.1, 0.15) is 34.9 Å². The van der Waals surface area contributed by atoms with Gasteiger partial charge in [-0.25, -0.2) is 4.79 Å². The molecule has 8 heteroatoms. The number of fused-ring (bicyclic) bond motifs is 1. The second kappa shape index (κ2) is 10.2. The maximum Gasteiger partial charge on any atom is 0.326 e. The number of amides is 1. The first-order valence-corrected chi connectivity index (χ1v) is 13.4. The number of methoxy groups -OCH3 is 1. The number of para-hydroxylation sites is 2. The molecule has 1 N–H and O–H groups in total. The third kappa shape index (κ3) is 4.53. The van der Waals surface area contributed by atoms with Crippen LogP contribution in [0.25, 0.3) is 28.0 Å². The molecule has 1 aliphatic rings. The zero-order valence-corrected chi connectivity index (χ0v) is 22.6. The standard InChI is InChI=1S/C31H29ClN4O3/c1-20-26(19-29(21-7-9-22(32)10-8-21)35(20)23-11-13-25(39-2)14-12-23)30(37)34-17-15-24(16-18-34)36-28-6-4-3-5-27(28)33-31(36)38/h3-14,19,24H,15-18H2,1-2H3,(H,33,38). The van der Waals surface area contributed by atoms with E-state index < -0.39 is 0 Å². The Labute approximate surface area is 231 Å². The van der Waals surface area contributed by atoms with Gasteiger partial charge in [0.2, 0.25) is 0 Å². The van der Waals surface area contributed by atoms with Crippen LogP contribution in [0.15, 0.2) is 83.7 Å². The van der Waals surface area contributed by atoms with Crippen LogP contribution in [0.2, 0.25) is 5.02 Å². The highest BCUT2D eigenvalue weighted by molar-refractivity contribution is 6.30. The van der Waals surface area contributed by atoms with Crippen molar-refractivity contribution >= 4 is 28.5 Å². The molecule has 1 amide bonds. The fourth-order valence-corrected chi connectivity index (χ4v) is 5.78. The number of aromatic nitrogens is 3. The summed E-state index contributed by atoms with van der Waals surface area (Å²) in [6.45, 7) is 3.15. The van der Waals surface area contributed by atoms with Crippen LogP contribution >= 0.6 is 11.6 Å². The highest BCUT2D eigenvalue weighted by Crippen LogP contribution is 2.33. The number of carbonyl (C=O) groups excluding carboxylic acids is 1. The molecule has 1 saturated heterocycles. The van der Waals surface area contributed by atoms with E-state index >= 15 is 0 Å². The van der Waals surface area contributed by atoms with Crippen LogP contribution in [-0.4, -0.2) is 45.1 Å². The molecule has 1 aliphatic heterocycles. The summed E-state index contributed by atoms with van der Waals surface area (Å²) in [5.74, 6) is 0.768. The van der Waals surface area contributed by atoms with Gasteiger partial charge in [0, 0.05) is 35.5 Å². The van der Waals surface area contributed by atoms with E-state index in [2.05, 4.69) is 9.55 Å². The molecule has 0 saturated carbocycles. The van der Waals surface area contributed by atoms with Gasteiger partial charge in [0.25, 0.3) is 5.91 Å². The van der Waals surface area contributed by atoms with Crippen molar-refractivity contribution in [1.29, 1.82) is 0 Å². The molecular weight excluding hydrogens is 512 g/mol. The maximum absolute atomic E-state index is 13.9. The number of H-pyrrole nitrogens is 1. The molecule has 2 aromatic heterocycles. The first kappa shape index (κ1) is 25.1. The highest BCUT2D eigenvalue weighted by atomic mass is 35.5. The van der Waals surface area contributed by atoms with Gasteiger partial charge >= 0.3 is 5.69 Å². The lowest BCUT2D eigenvalue weighted by Crippen LogP contribution is -2.40. The first-order chi connectivity index (χ1) is 18.9. The Morgan fingerprint density at radius 1 is 0.974 bits per heavy atom. The molecule has 0 radical (unpaired) electrons. The molecular formula is C31H29ClN4O3. The van der Waals surface area contributed by atoms with Crippen LogP contribution < -0.4 is 10.4 Å². The Bertz CT molecular complexity index is 1710. The molecule has 5 aromatic rings. The molecule has 0 bridgehead atoms. The van der Waals surface area contributed by atoms with Gasteiger partial charge in [-0.15, -0.1) is 0 Å². The van der Waals surface area contributed by atoms with Crippen molar-refractivity contribution < 1.29 is 9.53 Å². The quantitative estimate of drug-likeness (QED) is 0.287. The summed E-state index contributed by atoms with van der Waals surface area (Å²) in [5.41, 5.74) is 6.01. The van der Waals surface area contributed by atoms with Crippen LogP contribution in [0.3, 0.4) is 0 Å². The Balaban J connectivity index is 1.31. The number of aromatic amines is 1. The van der Waals surface area contributed by atoms with E-state index in [1.807, 2.05) is 95.3 Å². The van der Waals surface area contributed by atoms with Gasteiger partial charge in [0.05, 0.1) is 29.4 Å². The number of benzene rings is 3. The summed E-state index contributed by atoms with van der Waals surface area (Å²) in [6, 6.07) is 25.2. The third-order valence-corrected chi connectivity index (χ3v) is 7.94. The predicted octanol–water partition coefficient (Wildman–Crippen LogP) is 6.24. The van der Waals surface area contributed by atoms with E-state index in [0.717, 1.165) is 52.3 Å². The normalized spacial score (nSPS) is 14.2. The zero-order chi connectivity index (χ0) is 27.1. The molecule has 1 fully saturated rings. The number of rotatable bonds is 5. The number of likely N-dealkylation sites (tertiary alicyclic amines) is 1. The maximum atomic E-state index is 13.9. The van der Waals surface area contributed by atoms with Crippen molar-refractivity contribution in [1.82, 2.24) is 19.0 Å². The van der Waals surface area contributed by atoms with E-state index in [9.17, 15) is 9.59 Å². The summed E-state index contributed by atoms with van der Waals surface area (Å²) in [7, 11) is 1.64. The number of nitrogens with zero attached hydrogens (tertiary/aromatic N) is 3. The highest BCUT2D eigenvalue weighted by Gasteiger charge is 2.29. The van der Waals surface area contributed by atoms with Crippen molar-refractivity contribution in [3.05, 3.63) is 106 Å². The van der Waals surface area contributed by atoms with Crippen LogP contribution in [-0.2, 0) is 0 Å². The van der Waals surface area contributed by atoms with Gasteiger partial charge in [-0.1, -0.05) is 35.9 Å². The minimum absolute atomic E-state index is 0.000279. The minimum Gasteiger partial charge on any atom is -0.497 e. The van der Waals surface area contributed by atoms with Gasteiger partial charge < -0.3 is 19.2 Å². The number of ether oxygens (including phenoxy) is 1. The summed E-state index contributed by atoms with van der Waals surface area (Å²) < 4.78 is 9.30. The lowest BCUT2D eigenvalue weighted by atomic mass is 10.0. The number of carbonyl (C=O) groups is 1. The molecule has 0 aliphatic carbocycles. The average molecular weight is 541 g/mol. The molecule has 0 unspecified atom stereocenters. The minimum atomic E-state index is -0.0963. The zero-order valence-electron chi connectivity index (χ0n) is 21.9. The van der Waals surface area contributed by atoms with E-state index in [1.54, 1.807) is 7.11 Å². The summed E-state index contributed by atoms with van der Waals surface area (Å²) >= 11 is 6.16. The van der Waals surface area contributed by atoms with Gasteiger partial charge in [-0.05, 0) is 79.9 Å². The van der Waals surface area contributed by atoms with Crippen molar-refractivity contribution in [3.8, 4) is 22.7 Å². The monoisotopic (exact) mass is 540 g/mol. The van der Waals surface area contributed by atoms with Gasteiger partial charge in [-0.3, -0.25) is 9.36 Å². The van der Waals surface area contributed by atoms with Crippen molar-refractivity contribution in [2.75, 3.05) is 20.2 Å². The largest absolute Gasteiger partial charge is 0.497 e. The SMILES string of the molecule is COc1ccc(-n2c(-c3ccc(Cl)cc3)cc(C(=O)N3CCC(n4c(=O)[nH]c5ccccc54)CC3)c2C)cc1. The second-order valence-electron chi connectivity index (χ2n) is 9.91. The Kier molecular flexibility index (Phi) is 6.53. The summed E-state index contributed by atoms with van der Waals surface area (Å²) in [4.78, 5) is 31.4. The van der Waals surface area contributed by atoms with Gasteiger partial charge in [0.1, 0.15) is 5.75 Å². The first-order valence-electron chi connectivity index (χ1n) is 13.1. The number of nitrogens with one attached hydrogen (secondary N) is 1. The number of piperidine rings is 1. The average Bonchev–Trinajstić information content (AvgIpc) is 3.49. The van der Waals surface area contributed by atoms with Crippen LogP contribution in [0.5, 0.6) is 5.75 Å². The molecule has 0 spiro atoms. The fourth-order valence-electron chi connectivity index (χ4n) is 5.65. The lowest BCUT2D eigenvalue weighted by Gasteiger charge is -2.32. The molecule has 3 heterocycles. The number of halogens is 1. The molecule has 3 aromatic carbocycles. The third-order valence-electron chi connectivity index (χ3n) is 7.69. The number of hydrogen-bond donors (Lipinski definition) is 1. The molecule has 0 atom stereocenters. The van der Waals surface area contributed by atoms with E-state index in [4.69, 9.17) is 16.3 Å². The Morgan fingerprint density at radius 2 is 1.67 bits per heavy atom. The van der Waals surface area contributed by atoms with Gasteiger partial charge in [0.15, 0.2) is 0 Å². The molecule has 198 valence electrons. The molecule has 39 heavy (non-hydrogen) atoms. The van der Waals surface area contributed by atoms with Crippen molar-refractivity contribution in [3.63, 3.8) is 0 Å². The number of hydrogen-bond acceptors (Lipinski definition) is 3. The Morgan fingerprint density at radius 3 is 2.36 bits per heavy atom. The number of imidazole rings is 1. The second-order valence-corrected chi connectivity index (χ2v) is 10.3. The van der Waals surface area contributed by atoms with Crippen LogP contribution in [0, 0.1) is 6.92 Å².